The summed E-state index contributed by atoms with van der Waals surface area (Å²) in [7, 11) is 4.22. The molecule has 35 heavy (non-hydrogen) atoms. The average Bonchev–Trinajstić information content (AvgIpc) is 2.91. The highest BCUT2D eigenvalue weighted by Crippen LogP contribution is 2.38. The van der Waals surface area contributed by atoms with E-state index < -0.39 is 0 Å². The average molecular weight is 452 g/mol. The van der Waals surface area contributed by atoms with Crippen LogP contribution in [0.15, 0.2) is 140 Å². The predicted octanol–water partition coefficient (Wildman–Crippen LogP) is 7.79. The molecule has 0 bridgehead atoms. The third-order valence-electron chi connectivity index (χ3n) is 6.26. The number of rotatable bonds is 7. The van der Waals surface area contributed by atoms with Crippen molar-refractivity contribution in [3.63, 3.8) is 0 Å². The fourth-order valence-corrected chi connectivity index (χ4v) is 4.58. The first kappa shape index (κ1) is 22.4. The van der Waals surface area contributed by atoms with Crippen molar-refractivity contribution in [3.8, 4) is 0 Å². The lowest BCUT2D eigenvalue weighted by molar-refractivity contribution is 1.10. The van der Waals surface area contributed by atoms with E-state index in [1.54, 1.807) is 0 Å². The maximum absolute atomic E-state index is 2.34. The molecule has 0 aromatic heterocycles. The molecule has 0 radical (unpaired) electrons. The van der Waals surface area contributed by atoms with E-state index in [0.717, 1.165) is 0 Å². The standard InChI is InChI=1S/C34H29N/c1-35(2)32-24-30(33(26-15-7-3-8-16-26)27-17-9-4-10-18-27)23-31(25-32)34(28-19-11-5-12-20-28)29-21-13-6-14-22-29/h3-25H,1-2H3. The van der Waals surface area contributed by atoms with Crippen LogP contribution < -0.4 is 4.90 Å². The molecule has 0 spiro atoms. The second-order valence-corrected chi connectivity index (χ2v) is 8.88. The minimum absolute atomic E-state index is 1.17. The molecule has 0 aliphatic carbocycles. The van der Waals surface area contributed by atoms with Crippen LogP contribution in [0.1, 0.15) is 33.4 Å². The molecule has 1 heteroatoms. The van der Waals surface area contributed by atoms with Crippen molar-refractivity contribution in [2.75, 3.05) is 19.0 Å². The molecule has 0 aliphatic heterocycles. The van der Waals surface area contributed by atoms with Crippen LogP contribution in [0, 0.1) is 11.8 Å². The molecule has 0 N–H and O–H groups in total. The Morgan fingerprint density at radius 2 is 0.886 bits per heavy atom. The van der Waals surface area contributed by atoms with E-state index in [4.69, 9.17) is 0 Å². The molecule has 5 aromatic rings. The van der Waals surface area contributed by atoms with E-state index in [1.165, 1.54) is 50.9 Å². The van der Waals surface area contributed by atoms with E-state index in [-0.39, 0.29) is 0 Å². The number of nitrogens with zero attached hydrogens (tertiary/aromatic N) is 1. The van der Waals surface area contributed by atoms with Gasteiger partial charge in [0.1, 0.15) is 0 Å². The van der Waals surface area contributed by atoms with Gasteiger partial charge in [0.05, 0.1) is 17.0 Å². The van der Waals surface area contributed by atoms with E-state index >= 15 is 0 Å². The van der Waals surface area contributed by atoms with Gasteiger partial charge in [0.25, 0.3) is 0 Å². The minimum Gasteiger partial charge on any atom is -0.378 e. The van der Waals surface area contributed by atoms with E-state index in [0.29, 0.717) is 0 Å². The zero-order valence-corrected chi connectivity index (χ0v) is 20.2. The number of hydrogen-bond acceptors (Lipinski definition) is 1. The van der Waals surface area contributed by atoms with Gasteiger partial charge in [-0.15, -0.1) is 0 Å². The molecule has 1 nitrogen and oxygen atoms in total. The SMILES string of the molecule is CN(C)c1cc([C+](c2ccccc2)c2ccccc2)cc([C-](c2ccccc2)c2ccccc2)c1. The first-order valence-corrected chi connectivity index (χ1v) is 12.0. The predicted molar refractivity (Wildman–Crippen MR) is 148 cm³/mol. The number of hydrogen-bond donors (Lipinski definition) is 0. The van der Waals surface area contributed by atoms with Crippen LogP contribution in [0.5, 0.6) is 0 Å². The molecule has 0 atom stereocenters. The minimum atomic E-state index is 1.17. The molecule has 170 valence electrons. The summed E-state index contributed by atoms with van der Waals surface area (Å²) in [6.45, 7) is 0. The van der Waals surface area contributed by atoms with Crippen LogP contribution in [0.25, 0.3) is 0 Å². The topological polar surface area (TPSA) is 3.24 Å². The van der Waals surface area contributed by atoms with Crippen molar-refractivity contribution in [2.24, 2.45) is 0 Å². The third kappa shape index (κ3) is 4.95. The fraction of sp³-hybridized carbons (Fsp3) is 0.0588. The second kappa shape index (κ2) is 10.3. The Labute approximate surface area is 209 Å². The van der Waals surface area contributed by atoms with E-state index in [1.807, 2.05) is 0 Å². The Morgan fingerprint density at radius 1 is 0.457 bits per heavy atom. The first-order valence-electron chi connectivity index (χ1n) is 12.0. The fourth-order valence-electron chi connectivity index (χ4n) is 4.58. The lowest BCUT2D eigenvalue weighted by Gasteiger charge is -2.28. The summed E-state index contributed by atoms with van der Waals surface area (Å²) >= 11 is 0. The van der Waals surface area contributed by atoms with Crippen LogP contribution in [0.4, 0.5) is 5.69 Å². The molecule has 0 heterocycles. The highest BCUT2D eigenvalue weighted by molar-refractivity contribution is 5.67. The number of benzene rings is 5. The van der Waals surface area contributed by atoms with Crippen LogP contribution in [0.3, 0.4) is 0 Å². The molecular formula is C34H29N. The van der Waals surface area contributed by atoms with Crippen molar-refractivity contribution in [3.05, 3.63) is 185 Å². The maximum Gasteiger partial charge on any atom is 0.0528 e. The van der Waals surface area contributed by atoms with Crippen molar-refractivity contribution in [1.29, 1.82) is 0 Å². The molecular weight excluding hydrogens is 422 g/mol. The Bertz CT molecular complexity index is 1160. The Balaban J connectivity index is 1.74. The summed E-state index contributed by atoms with van der Waals surface area (Å²) < 4.78 is 0. The van der Waals surface area contributed by atoms with Gasteiger partial charge in [0.2, 0.25) is 0 Å². The van der Waals surface area contributed by atoms with Gasteiger partial charge in [0, 0.05) is 25.3 Å². The normalized spacial score (nSPS) is 10.6. The second-order valence-electron chi connectivity index (χ2n) is 8.88. The van der Waals surface area contributed by atoms with Gasteiger partial charge < -0.3 is 4.90 Å². The van der Waals surface area contributed by atoms with E-state index in [2.05, 4.69) is 159 Å². The van der Waals surface area contributed by atoms with Gasteiger partial charge in [-0.1, -0.05) is 108 Å². The quantitative estimate of drug-likeness (QED) is 0.180. The monoisotopic (exact) mass is 451 g/mol. The molecule has 0 unspecified atom stereocenters. The molecule has 0 saturated carbocycles. The maximum atomic E-state index is 2.34. The first-order chi connectivity index (χ1) is 17.2. The number of anilines is 1. The van der Waals surface area contributed by atoms with Gasteiger partial charge in [-0.25, -0.2) is 0 Å². The zero-order chi connectivity index (χ0) is 24.0. The molecule has 5 aromatic carbocycles. The molecule has 0 saturated heterocycles. The smallest absolute Gasteiger partial charge is 0.0528 e. The van der Waals surface area contributed by atoms with Crippen LogP contribution in [-0.2, 0) is 0 Å². The molecule has 0 aliphatic rings. The van der Waals surface area contributed by atoms with Gasteiger partial charge in [0.15, 0.2) is 0 Å². The summed E-state index contributed by atoms with van der Waals surface area (Å²) in [6, 6.07) is 49.7. The Kier molecular flexibility index (Phi) is 6.59. The zero-order valence-electron chi connectivity index (χ0n) is 20.2. The van der Waals surface area contributed by atoms with Crippen molar-refractivity contribution < 1.29 is 0 Å². The Hall–Kier alpha value is -4.36. The largest absolute Gasteiger partial charge is 0.378 e. The van der Waals surface area contributed by atoms with Crippen molar-refractivity contribution in [1.82, 2.24) is 0 Å². The molecule has 0 amide bonds. The molecule has 5 rings (SSSR count). The lowest BCUT2D eigenvalue weighted by Crippen LogP contribution is -2.13. The van der Waals surface area contributed by atoms with Crippen LogP contribution in [-0.4, -0.2) is 14.1 Å². The lowest BCUT2D eigenvalue weighted by atomic mass is 9.80. The van der Waals surface area contributed by atoms with Gasteiger partial charge in [-0.2, -0.15) is 0 Å². The van der Waals surface area contributed by atoms with Crippen LogP contribution >= 0.6 is 0 Å². The highest BCUT2D eigenvalue weighted by atomic mass is 15.1. The Morgan fingerprint density at radius 3 is 1.31 bits per heavy atom. The summed E-state index contributed by atoms with van der Waals surface area (Å²) in [5, 5.41) is 0. The third-order valence-corrected chi connectivity index (χ3v) is 6.26. The van der Waals surface area contributed by atoms with Gasteiger partial charge in [-0.05, 0) is 54.6 Å². The summed E-state index contributed by atoms with van der Waals surface area (Å²) in [4.78, 5) is 2.19. The molecule has 0 fully saturated rings. The van der Waals surface area contributed by atoms with Crippen molar-refractivity contribution in [2.45, 2.75) is 0 Å². The summed E-state index contributed by atoms with van der Waals surface area (Å²) in [5.74, 6) is 2.47. The van der Waals surface area contributed by atoms with Gasteiger partial charge in [-0.3, -0.25) is 0 Å². The van der Waals surface area contributed by atoms with Gasteiger partial charge >= 0.3 is 0 Å². The summed E-state index contributed by atoms with van der Waals surface area (Å²) in [5.41, 5.74) is 8.42. The van der Waals surface area contributed by atoms with E-state index in [9.17, 15) is 0 Å². The summed E-state index contributed by atoms with van der Waals surface area (Å²) in [6.07, 6.45) is 0. The van der Waals surface area contributed by atoms with Crippen LogP contribution in [0.2, 0.25) is 0 Å². The van der Waals surface area contributed by atoms with Crippen molar-refractivity contribution >= 4 is 5.69 Å². The highest BCUT2D eigenvalue weighted by Gasteiger charge is 2.23.